The topological polar surface area (TPSA) is 32.3 Å². The molecule has 0 aromatic rings. The highest BCUT2D eigenvalue weighted by Gasteiger charge is 2.20. The van der Waals surface area contributed by atoms with Gasteiger partial charge in [0.05, 0.1) is 0 Å². The van der Waals surface area contributed by atoms with E-state index in [1.54, 1.807) is 0 Å². The zero-order valence-electron chi connectivity index (χ0n) is 11.3. The second-order valence-corrected chi connectivity index (χ2v) is 6.11. The molecular weight excluding hydrogens is 186 g/mol. The summed E-state index contributed by atoms with van der Waals surface area (Å²) in [6.07, 6.45) is 0. The molecule has 0 saturated carbocycles. The summed E-state index contributed by atoms with van der Waals surface area (Å²) in [6.45, 7) is 15.5. The van der Waals surface area contributed by atoms with Crippen molar-refractivity contribution in [2.75, 3.05) is 19.7 Å². The lowest BCUT2D eigenvalue weighted by Crippen LogP contribution is -2.37. The minimum absolute atomic E-state index is 0.00148. The van der Waals surface area contributed by atoms with E-state index in [9.17, 15) is 0 Å². The van der Waals surface area contributed by atoms with Gasteiger partial charge in [0.25, 0.3) is 0 Å². The molecule has 0 saturated heterocycles. The predicted molar refractivity (Wildman–Crippen MR) is 66.9 cm³/mol. The van der Waals surface area contributed by atoms with E-state index in [1.807, 2.05) is 0 Å². The van der Waals surface area contributed by atoms with E-state index in [0.717, 1.165) is 30.8 Å². The lowest BCUT2D eigenvalue weighted by Gasteiger charge is -2.28. The number of nitrogens with one attached hydrogen (secondary N) is 1. The number of aliphatic hydroxyl groups is 1. The van der Waals surface area contributed by atoms with Crippen LogP contribution < -0.4 is 5.32 Å². The van der Waals surface area contributed by atoms with Crippen LogP contribution in [0.5, 0.6) is 0 Å². The molecule has 0 aromatic heterocycles. The maximum atomic E-state index is 9.14. The fraction of sp³-hybridized carbons (Fsp3) is 1.00. The van der Waals surface area contributed by atoms with Crippen molar-refractivity contribution in [3.8, 4) is 0 Å². The van der Waals surface area contributed by atoms with Crippen LogP contribution in [0.15, 0.2) is 0 Å². The summed E-state index contributed by atoms with van der Waals surface area (Å²) in [5.74, 6) is 2.16. The standard InChI is InChI=1S/C13H29NO/c1-10(2)12(11(3)4)7-14-8-13(5,6)9-15/h10-12,14-15H,7-9H2,1-6H3. The number of aliphatic hydroxyl groups excluding tert-OH is 1. The van der Waals surface area contributed by atoms with Crippen molar-refractivity contribution in [1.82, 2.24) is 5.32 Å². The summed E-state index contributed by atoms with van der Waals surface area (Å²) in [7, 11) is 0. The lowest BCUT2D eigenvalue weighted by atomic mass is 9.85. The maximum Gasteiger partial charge on any atom is 0.0494 e. The minimum atomic E-state index is -0.00148. The Hall–Kier alpha value is -0.0800. The average Bonchev–Trinajstić information content (AvgIpc) is 2.11. The Labute approximate surface area is 95.5 Å². The van der Waals surface area contributed by atoms with Crippen LogP contribution in [0.4, 0.5) is 0 Å². The number of rotatable bonds is 7. The van der Waals surface area contributed by atoms with E-state index in [-0.39, 0.29) is 12.0 Å². The van der Waals surface area contributed by atoms with Crippen molar-refractivity contribution in [3.63, 3.8) is 0 Å². The smallest absolute Gasteiger partial charge is 0.0494 e. The highest BCUT2D eigenvalue weighted by atomic mass is 16.3. The Morgan fingerprint density at radius 3 is 1.87 bits per heavy atom. The van der Waals surface area contributed by atoms with Crippen LogP contribution >= 0.6 is 0 Å². The molecule has 0 spiro atoms. The van der Waals surface area contributed by atoms with Gasteiger partial charge in [0.2, 0.25) is 0 Å². The molecule has 2 nitrogen and oxygen atoms in total. The average molecular weight is 215 g/mol. The van der Waals surface area contributed by atoms with E-state index in [2.05, 4.69) is 46.9 Å². The van der Waals surface area contributed by atoms with Gasteiger partial charge < -0.3 is 10.4 Å². The Morgan fingerprint density at radius 2 is 1.53 bits per heavy atom. The third-order valence-corrected chi connectivity index (χ3v) is 3.12. The molecule has 2 N–H and O–H groups in total. The Balaban J connectivity index is 3.92. The minimum Gasteiger partial charge on any atom is -0.396 e. The fourth-order valence-electron chi connectivity index (χ4n) is 1.87. The third kappa shape index (κ3) is 6.16. The first kappa shape index (κ1) is 14.9. The second-order valence-electron chi connectivity index (χ2n) is 6.11. The van der Waals surface area contributed by atoms with Gasteiger partial charge >= 0.3 is 0 Å². The van der Waals surface area contributed by atoms with E-state index in [1.165, 1.54) is 0 Å². The van der Waals surface area contributed by atoms with Crippen molar-refractivity contribution in [1.29, 1.82) is 0 Å². The summed E-state index contributed by atoms with van der Waals surface area (Å²) in [6, 6.07) is 0. The van der Waals surface area contributed by atoms with Crippen molar-refractivity contribution in [2.45, 2.75) is 41.5 Å². The van der Waals surface area contributed by atoms with Gasteiger partial charge in [-0.1, -0.05) is 41.5 Å². The first-order valence-electron chi connectivity index (χ1n) is 6.11. The molecule has 0 bridgehead atoms. The first-order valence-corrected chi connectivity index (χ1v) is 6.11. The molecule has 0 fully saturated rings. The van der Waals surface area contributed by atoms with E-state index >= 15 is 0 Å². The van der Waals surface area contributed by atoms with Crippen LogP contribution in [0.1, 0.15) is 41.5 Å². The fourth-order valence-corrected chi connectivity index (χ4v) is 1.87. The van der Waals surface area contributed by atoms with Crippen molar-refractivity contribution in [3.05, 3.63) is 0 Å². The van der Waals surface area contributed by atoms with Gasteiger partial charge in [-0.25, -0.2) is 0 Å². The SMILES string of the molecule is CC(C)C(CNCC(C)(C)CO)C(C)C. The summed E-state index contributed by atoms with van der Waals surface area (Å²) in [4.78, 5) is 0. The van der Waals surface area contributed by atoms with Gasteiger partial charge in [0.15, 0.2) is 0 Å². The summed E-state index contributed by atoms with van der Waals surface area (Å²) in [5.41, 5.74) is -0.00148. The van der Waals surface area contributed by atoms with Gasteiger partial charge in [-0.3, -0.25) is 0 Å². The molecule has 0 atom stereocenters. The molecule has 0 amide bonds. The van der Waals surface area contributed by atoms with Crippen LogP contribution in [0.3, 0.4) is 0 Å². The van der Waals surface area contributed by atoms with Crippen LogP contribution in [0.2, 0.25) is 0 Å². The van der Waals surface area contributed by atoms with Crippen molar-refractivity contribution >= 4 is 0 Å². The van der Waals surface area contributed by atoms with Gasteiger partial charge in [-0.05, 0) is 24.3 Å². The van der Waals surface area contributed by atoms with Gasteiger partial charge in [-0.15, -0.1) is 0 Å². The third-order valence-electron chi connectivity index (χ3n) is 3.12. The molecule has 0 radical (unpaired) electrons. The molecule has 0 aromatic carbocycles. The highest BCUT2D eigenvalue weighted by molar-refractivity contribution is 4.74. The monoisotopic (exact) mass is 215 g/mol. The summed E-state index contributed by atoms with van der Waals surface area (Å²) in [5, 5.41) is 12.6. The normalized spacial score (nSPS) is 13.2. The highest BCUT2D eigenvalue weighted by Crippen LogP contribution is 2.20. The van der Waals surface area contributed by atoms with E-state index < -0.39 is 0 Å². The Kier molecular flexibility index (Phi) is 6.46. The molecule has 0 unspecified atom stereocenters. The zero-order valence-corrected chi connectivity index (χ0v) is 11.3. The number of hydrogen-bond acceptors (Lipinski definition) is 2. The molecule has 0 rings (SSSR count). The van der Waals surface area contributed by atoms with Crippen molar-refractivity contribution < 1.29 is 5.11 Å². The van der Waals surface area contributed by atoms with Crippen LogP contribution in [0.25, 0.3) is 0 Å². The number of hydrogen-bond donors (Lipinski definition) is 2. The quantitative estimate of drug-likeness (QED) is 0.684. The van der Waals surface area contributed by atoms with Crippen molar-refractivity contribution in [2.24, 2.45) is 23.2 Å². The first-order chi connectivity index (χ1) is 6.80. The predicted octanol–water partition coefficient (Wildman–Crippen LogP) is 2.52. The molecule has 92 valence electrons. The molecular formula is C13H29NO. The molecule has 0 heterocycles. The van der Waals surface area contributed by atoms with Crippen LogP contribution in [-0.4, -0.2) is 24.8 Å². The molecule has 0 aliphatic heterocycles. The van der Waals surface area contributed by atoms with Gasteiger partial charge in [0, 0.05) is 18.6 Å². The van der Waals surface area contributed by atoms with E-state index in [4.69, 9.17) is 5.11 Å². The largest absolute Gasteiger partial charge is 0.396 e. The Morgan fingerprint density at radius 1 is 1.07 bits per heavy atom. The Bertz CT molecular complexity index is 156. The summed E-state index contributed by atoms with van der Waals surface area (Å²) >= 11 is 0. The summed E-state index contributed by atoms with van der Waals surface area (Å²) < 4.78 is 0. The van der Waals surface area contributed by atoms with Crippen LogP contribution in [-0.2, 0) is 0 Å². The maximum absolute atomic E-state index is 9.14. The van der Waals surface area contributed by atoms with E-state index in [0.29, 0.717) is 0 Å². The molecule has 2 heteroatoms. The zero-order chi connectivity index (χ0) is 12.1. The molecule has 15 heavy (non-hydrogen) atoms. The van der Waals surface area contributed by atoms with Crippen LogP contribution in [0, 0.1) is 23.2 Å². The lowest BCUT2D eigenvalue weighted by molar-refractivity contribution is 0.151. The molecule has 0 aliphatic rings. The van der Waals surface area contributed by atoms with Gasteiger partial charge in [-0.2, -0.15) is 0 Å². The van der Waals surface area contributed by atoms with Gasteiger partial charge in [0.1, 0.15) is 0 Å². The molecule has 0 aliphatic carbocycles. The second kappa shape index (κ2) is 6.49.